The third-order valence-electron chi connectivity index (χ3n) is 5.48. The van der Waals surface area contributed by atoms with E-state index in [9.17, 15) is 13.2 Å². The molecule has 1 atom stereocenters. The molecule has 0 aromatic heterocycles. The molecule has 1 unspecified atom stereocenters. The van der Waals surface area contributed by atoms with E-state index in [1.165, 1.54) is 15.9 Å². The molecule has 0 aliphatic rings. The molecule has 170 valence electrons. The van der Waals surface area contributed by atoms with Gasteiger partial charge in [0.25, 0.3) is 0 Å². The maximum absolute atomic E-state index is 13.1. The Morgan fingerprint density at radius 2 is 1.65 bits per heavy atom. The largest absolute Gasteiger partial charge is 0.494 e. The normalized spacial score (nSPS) is 12.6. The second-order valence-electron chi connectivity index (χ2n) is 7.87. The van der Waals surface area contributed by atoms with Crippen molar-refractivity contribution in [3.05, 3.63) is 58.1 Å². The highest BCUT2D eigenvalue weighted by Crippen LogP contribution is 2.25. The van der Waals surface area contributed by atoms with Gasteiger partial charge in [-0.05, 0) is 87.6 Å². The van der Waals surface area contributed by atoms with E-state index < -0.39 is 10.0 Å². The van der Waals surface area contributed by atoms with Crippen molar-refractivity contribution in [3.63, 3.8) is 0 Å². The van der Waals surface area contributed by atoms with Crippen LogP contribution in [-0.2, 0) is 14.8 Å². The molecule has 1 N–H and O–H groups in total. The van der Waals surface area contributed by atoms with Crippen molar-refractivity contribution in [3.8, 4) is 5.75 Å². The minimum Gasteiger partial charge on any atom is -0.494 e. The van der Waals surface area contributed by atoms with Crippen molar-refractivity contribution < 1.29 is 17.9 Å². The van der Waals surface area contributed by atoms with Crippen molar-refractivity contribution in [2.24, 2.45) is 0 Å². The second kappa shape index (κ2) is 10.3. The summed E-state index contributed by atoms with van der Waals surface area (Å²) in [6, 6.07) is 8.72. The number of carbonyl (C=O) groups excluding carboxylic acids is 1. The van der Waals surface area contributed by atoms with Crippen LogP contribution >= 0.6 is 0 Å². The van der Waals surface area contributed by atoms with Crippen LogP contribution in [0.1, 0.15) is 54.6 Å². The fourth-order valence-electron chi connectivity index (χ4n) is 3.59. The highest BCUT2D eigenvalue weighted by Gasteiger charge is 2.26. The first-order chi connectivity index (χ1) is 14.5. The molecule has 31 heavy (non-hydrogen) atoms. The molecule has 0 spiro atoms. The van der Waals surface area contributed by atoms with Crippen molar-refractivity contribution in [1.29, 1.82) is 0 Å². The number of ether oxygens (including phenoxy) is 1. The Kier molecular flexibility index (Phi) is 8.26. The molecule has 0 fully saturated rings. The van der Waals surface area contributed by atoms with Crippen LogP contribution in [0.15, 0.2) is 35.2 Å². The van der Waals surface area contributed by atoms with Crippen molar-refractivity contribution >= 4 is 15.9 Å². The molecule has 2 aromatic carbocycles. The second-order valence-corrected chi connectivity index (χ2v) is 9.81. The molecule has 0 aliphatic carbocycles. The molecular formula is C24H34N2O4S. The molecule has 2 aromatic rings. The quantitative estimate of drug-likeness (QED) is 0.626. The summed E-state index contributed by atoms with van der Waals surface area (Å²) < 4.78 is 32.9. The Labute approximate surface area is 186 Å². The summed E-state index contributed by atoms with van der Waals surface area (Å²) in [5, 5.41) is 2.94. The molecule has 0 bridgehead atoms. The Balaban J connectivity index is 2.17. The van der Waals surface area contributed by atoms with Crippen LogP contribution in [0, 0.1) is 27.7 Å². The number of likely N-dealkylation sites (N-methyl/N-ethyl adjacent to an activating group) is 1. The van der Waals surface area contributed by atoms with Crippen molar-refractivity contribution in [1.82, 2.24) is 9.62 Å². The van der Waals surface area contributed by atoms with Crippen molar-refractivity contribution in [2.75, 3.05) is 19.7 Å². The topological polar surface area (TPSA) is 75.7 Å². The van der Waals surface area contributed by atoms with E-state index in [4.69, 9.17) is 4.74 Å². The molecule has 6 nitrogen and oxygen atoms in total. The van der Waals surface area contributed by atoms with Gasteiger partial charge >= 0.3 is 0 Å². The third kappa shape index (κ3) is 5.86. The number of hydrogen-bond donors (Lipinski definition) is 1. The summed E-state index contributed by atoms with van der Waals surface area (Å²) in [5.74, 6) is 0.318. The zero-order valence-corrected chi connectivity index (χ0v) is 20.4. The number of amides is 1. The summed E-state index contributed by atoms with van der Waals surface area (Å²) in [7, 11) is -3.80. The van der Waals surface area contributed by atoms with E-state index in [0.29, 0.717) is 12.4 Å². The zero-order chi connectivity index (χ0) is 23.3. The fourth-order valence-corrected chi connectivity index (χ4v) is 5.08. The van der Waals surface area contributed by atoms with Crippen LogP contribution in [0.3, 0.4) is 0 Å². The van der Waals surface area contributed by atoms with Gasteiger partial charge in [0, 0.05) is 6.54 Å². The van der Waals surface area contributed by atoms with Gasteiger partial charge in [-0.3, -0.25) is 4.79 Å². The van der Waals surface area contributed by atoms with Gasteiger partial charge in [0.05, 0.1) is 24.1 Å². The first-order valence-electron chi connectivity index (χ1n) is 10.6. The lowest BCUT2D eigenvalue weighted by Gasteiger charge is -2.23. The first kappa shape index (κ1) is 24.9. The first-order valence-corrected chi connectivity index (χ1v) is 12.1. The average molecular weight is 447 g/mol. The van der Waals surface area contributed by atoms with Crippen LogP contribution in [-0.4, -0.2) is 38.3 Å². The zero-order valence-electron chi connectivity index (χ0n) is 19.6. The number of carbonyl (C=O) groups is 1. The number of sulfonamides is 1. The smallest absolute Gasteiger partial charge is 0.243 e. The van der Waals surface area contributed by atoms with Crippen LogP contribution < -0.4 is 10.1 Å². The van der Waals surface area contributed by atoms with Gasteiger partial charge in [-0.15, -0.1) is 0 Å². The Morgan fingerprint density at radius 3 is 2.23 bits per heavy atom. The van der Waals surface area contributed by atoms with E-state index in [0.717, 1.165) is 22.3 Å². The molecule has 0 heterocycles. The number of rotatable bonds is 9. The van der Waals surface area contributed by atoms with Gasteiger partial charge in [0.1, 0.15) is 5.75 Å². The van der Waals surface area contributed by atoms with E-state index in [2.05, 4.69) is 24.4 Å². The predicted molar refractivity (Wildman–Crippen MR) is 124 cm³/mol. The maximum atomic E-state index is 13.1. The number of nitrogens with one attached hydrogen (secondary N) is 1. The molecule has 0 saturated heterocycles. The maximum Gasteiger partial charge on any atom is 0.243 e. The van der Waals surface area contributed by atoms with Gasteiger partial charge in [0.15, 0.2) is 0 Å². The van der Waals surface area contributed by atoms with E-state index in [-0.39, 0.29) is 29.9 Å². The summed E-state index contributed by atoms with van der Waals surface area (Å²) in [5.41, 5.74) is 5.23. The van der Waals surface area contributed by atoms with Crippen LogP contribution in [0.2, 0.25) is 0 Å². The number of hydrogen-bond acceptors (Lipinski definition) is 4. The van der Waals surface area contributed by atoms with E-state index in [1.807, 2.05) is 27.7 Å². The molecular weight excluding hydrogens is 412 g/mol. The van der Waals surface area contributed by atoms with Gasteiger partial charge in [-0.25, -0.2) is 8.42 Å². The SMILES string of the molecule is CCOc1ccc(S(=O)(=O)N(CC)CC(=O)NC(C)c2cc(C)c(C)cc2C)cc1C. The average Bonchev–Trinajstić information content (AvgIpc) is 2.70. The predicted octanol–water partition coefficient (Wildman–Crippen LogP) is 4.21. The van der Waals surface area contributed by atoms with Crippen LogP contribution in [0.25, 0.3) is 0 Å². The molecule has 1 amide bonds. The van der Waals surface area contributed by atoms with Gasteiger partial charge in [0.2, 0.25) is 15.9 Å². The number of benzene rings is 2. The highest BCUT2D eigenvalue weighted by molar-refractivity contribution is 7.89. The lowest BCUT2D eigenvalue weighted by molar-refractivity contribution is -0.121. The highest BCUT2D eigenvalue weighted by atomic mass is 32.2. The van der Waals surface area contributed by atoms with Gasteiger partial charge in [-0.1, -0.05) is 19.1 Å². The minimum absolute atomic E-state index is 0.154. The summed E-state index contributed by atoms with van der Waals surface area (Å²) in [4.78, 5) is 12.9. The lowest BCUT2D eigenvalue weighted by atomic mass is 9.96. The molecule has 0 radical (unpaired) electrons. The molecule has 0 saturated carbocycles. The molecule has 0 aliphatic heterocycles. The van der Waals surface area contributed by atoms with Crippen LogP contribution in [0.5, 0.6) is 5.75 Å². The van der Waals surface area contributed by atoms with Crippen LogP contribution in [0.4, 0.5) is 0 Å². The fraction of sp³-hybridized carbons (Fsp3) is 0.458. The standard InChI is InChI=1S/C24H34N2O4S/c1-8-26(31(28,29)21-10-11-23(30-9-2)19(6)13-21)15-24(27)25-20(7)22-14-17(4)16(3)12-18(22)5/h10-14,20H,8-9,15H2,1-7H3,(H,25,27). The van der Waals surface area contributed by atoms with Crippen molar-refractivity contribution in [2.45, 2.75) is 59.4 Å². The molecule has 2 rings (SSSR count). The summed E-state index contributed by atoms with van der Waals surface area (Å²) in [6.45, 7) is 13.9. The monoisotopic (exact) mass is 446 g/mol. The summed E-state index contributed by atoms with van der Waals surface area (Å²) in [6.07, 6.45) is 0. The van der Waals surface area contributed by atoms with Gasteiger partial charge in [-0.2, -0.15) is 4.31 Å². The Hall–Kier alpha value is -2.38. The number of nitrogens with zero attached hydrogens (tertiary/aromatic N) is 1. The molecule has 7 heteroatoms. The van der Waals surface area contributed by atoms with Gasteiger partial charge < -0.3 is 10.1 Å². The number of aryl methyl sites for hydroxylation is 4. The lowest BCUT2D eigenvalue weighted by Crippen LogP contribution is -2.41. The van der Waals surface area contributed by atoms with E-state index in [1.54, 1.807) is 26.0 Å². The summed E-state index contributed by atoms with van der Waals surface area (Å²) >= 11 is 0. The van der Waals surface area contributed by atoms with E-state index >= 15 is 0 Å². The third-order valence-corrected chi connectivity index (χ3v) is 7.40. The minimum atomic E-state index is -3.80. The Bertz CT molecular complexity index is 1050. The Morgan fingerprint density at radius 1 is 1.00 bits per heavy atom.